The predicted octanol–water partition coefficient (Wildman–Crippen LogP) is 4.50. The van der Waals surface area contributed by atoms with Gasteiger partial charge in [-0.2, -0.15) is 13.2 Å². The third-order valence-electron chi connectivity index (χ3n) is 6.92. The van der Waals surface area contributed by atoms with Gasteiger partial charge in [0.15, 0.2) is 11.9 Å². The first-order valence-electron chi connectivity index (χ1n) is 9.09. The number of hydrogen-bond acceptors (Lipinski definition) is 5. The summed E-state index contributed by atoms with van der Waals surface area (Å²) < 4.78 is 59.2. The number of rotatable bonds is 2. The highest BCUT2D eigenvalue weighted by Crippen LogP contribution is 2.64. The lowest BCUT2D eigenvalue weighted by molar-refractivity contribution is -0.598. The second-order valence-electron chi connectivity index (χ2n) is 8.24. The van der Waals surface area contributed by atoms with Crippen LogP contribution in [-0.2, 0) is 24.0 Å². The molecule has 0 aromatic carbocycles. The molecule has 0 radical (unpaired) electrons. The van der Waals surface area contributed by atoms with Crippen LogP contribution in [0, 0.1) is 23.7 Å². The topological polar surface area (TPSA) is 46.2 Å². The highest BCUT2D eigenvalue weighted by molar-refractivity contribution is 9.09. The Balaban J connectivity index is 1.84. The Morgan fingerprint density at radius 3 is 2.46 bits per heavy atom. The molecule has 5 nitrogen and oxygen atoms in total. The molecule has 5 rings (SSSR count). The van der Waals surface area contributed by atoms with E-state index in [0.717, 1.165) is 12.8 Å². The summed E-state index contributed by atoms with van der Waals surface area (Å²) in [5.41, 5.74) is -1.34. The third kappa shape index (κ3) is 2.40. The van der Waals surface area contributed by atoms with Crippen molar-refractivity contribution in [1.29, 1.82) is 0 Å². The molecule has 1 saturated carbocycles. The van der Waals surface area contributed by atoms with E-state index in [1.54, 1.807) is 6.92 Å². The van der Waals surface area contributed by atoms with Crippen LogP contribution >= 0.6 is 15.9 Å². The molecule has 5 fully saturated rings. The summed E-state index contributed by atoms with van der Waals surface area (Å²) in [6.45, 7) is 5.32. The summed E-state index contributed by atoms with van der Waals surface area (Å²) in [5.74, 6) is -5.00. The van der Waals surface area contributed by atoms with Gasteiger partial charge in [0, 0.05) is 18.3 Å². The molecular weight excluding hydrogens is 421 g/mol. The van der Waals surface area contributed by atoms with Gasteiger partial charge in [-0.15, -0.1) is 0 Å². The molecule has 26 heavy (non-hydrogen) atoms. The molecule has 9 heteroatoms. The second kappa shape index (κ2) is 6.03. The molecule has 1 spiro atoms. The maximum absolute atomic E-state index is 14.1. The minimum absolute atomic E-state index is 0.00762. The van der Waals surface area contributed by atoms with Crippen LogP contribution in [0.2, 0.25) is 0 Å². The maximum atomic E-state index is 14.1. The minimum atomic E-state index is -4.71. The Morgan fingerprint density at radius 1 is 1.08 bits per heavy atom. The number of hydrogen-bond donors (Lipinski definition) is 0. The van der Waals surface area contributed by atoms with E-state index in [2.05, 4.69) is 22.9 Å². The molecule has 1 aliphatic carbocycles. The zero-order valence-electron chi connectivity index (χ0n) is 15.0. The lowest BCUT2D eigenvalue weighted by Gasteiger charge is -2.62. The molecule has 0 N–H and O–H groups in total. The van der Waals surface area contributed by atoms with E-state index < -0.39 is 41.5 Å². The smallest absolute Gasteiger partial charge is 0.331 e. The molecule has 2 bridgehead atoms. The van der Waals surface area contributed by atoms with Gasteiger partial charge in [0.25, 0.3) is 5.79 Å². The van der Waals surface area contributed by atoms with Crippen molar-refractivity contribution in [3.63, 3.8) is 0 Å². The standard InChI is InChI=1S/C17H24BrF3O5/c1-9-4-5-12-10(2)16(22-8-18,17(19,20)21)24-13-15(12)11(9)6-7-14(3,23-13)25-26-15/h9-13H,4-8H2,1-3H3/t9-,10-,11+,12+,13+,14+,15-,16-/m1/s1. The quantitative estimate of drug-likeness (QED) is 0.463. The van der Waals surface area contributed by atoms with Crippen LogP contribution in [-0.4, -0.2) is 35.2 Å². The van der Waals surface area contributed by atoms with Crippen molar-refractivity contribution in [2.75, 3.05) is 5.52 Å². The van der Waals surface area contributed by atoms with Crippen molar-refractivity contribution in [1.82, 2.24) is 0 Å². The molecule has 4 aliphatic heterocycles. The zero-order valence-corrected chi connectivity index (χ0v) is 16.6. The molecule has 4 saturated heterocycles. The van der Waals surface area contributed by atoms with Crippen molar-refractivity contribution < 1.29 is 37.2 Å². The van der Waals surface area contributed by atoms with Gasteiger partial charge in [-0.1, -0.05) is 29.8 Å². The number of alkyl halides is 4. The van der Waals surface area contributed by atoms with Crippen LogP contribution in [0.4, 0.5) is 13.2 Å². The average Bonchev–Trinajstić information content (AvgIpc) is 2.78. The molecule has 0 aromatic rings. The summed E-state index contributed by atoms with van der Waals surface area (Å²) >= 11 is 2.97. The number of ether oxygens (including phenoxy) is 3. The van der Waals surface area contributed by atoms with Gasteiger partial charge in [0.1, 0.15) is 5.52 Å². The highest BCUT2D eigenvalue weighted by atomic mass is 79.9. The Hall–Kier alpha value is 0.0700. The van der Waals surface area contributed by atoms with E-state index in [4.69, 9.17) is 24.0 Å². The third-order valence-corrected chi connectivity index (χ3v) is 7.15. The fourth-order valence-electron chi connectivity index (χ4n) is 5.57. The molecule has 0 amide bonds. The van der Waals surface area contributed by atoms with Crippen LogP contribution in [0.25, 0.3) is 0 Å². The van der Waals surface area contributed by atoms with Crippen molar-refractivity contribution >= 4 is 15.9 Å². The predicted molar refractivity (Wildman–Crippen MR) is 86.7 cm³/mol. The summed E-state index contributed by atoms with van der Waals surface area (Å²) in [5, 5.41) is 0. The van der Waals surface area contributed by atoms with E-state index >= 15 is 0 Å². The second-order valence-corrected chi connectivity index (χ2v) is 8.69. The van der Waals surface area contributed by atoms with Gasteiger partial charge in [0.2, 0.25) is 5.79 Å². The SMILES string of the molecule is C[C@@H]1CC[C@H]2[C@@H](C)[C@](OCBr)(C(F)(F)F)O[C@@H]3O[C@]4(C)CC[C@@H]1[C@]32OO4. The fraction of sp³-hybridized carbons (Fsp3) is 1.00. The summed E-state index contributed by atoms with van der Waals surface area (Å²) in [6, 6.07) is 0. The largest absolute Gasteiger partial charge is 0.443 e. The molecular formula is C17H24BrF3O5. The molecule has 0 aromatic heterocycles. The summed E-state index contributed by atoms with van der Waals surface area (Å²) in [4.78, 5) is 11.5. The highest BCUT2D eigenvalue weighted by Gasteiger charge is 2.77. The van der Waals surface area contributed by atoms with E-state index in [0.29, 0.717) is 12.8 Å². The van der Waals surface area contributed by atoms with Gasteiger partial charge in [-0.3, -0.25) is 0 Å². The van der Waals surface area contributed by atoms with Crippen LogP contribution in [0.15, 0.2) is 0 Å². The zero-order chi connectivity index (χ0) is 19.0. The van der Waals surface area contributed by atoms with E-state index in [9.17, 15) is 13.2 Å². The van der Waals surface area contributed by atoms with Crippen LogP contribution < -0.4 is 0 Å². The van der Waals surface area contributed by atoms with Crippen LogP contribution in [0.5, 0.6) is 0 Å². The summed E-state index contributed by atoms with van der Waals surface area (Å²) in [6.07, 6.45) is -3.19. The molecule has 8 atom stereocenters. The normalized spacial score (nSPS) is 53.9. The van der Waals surface area contributed by atoms with Crippen LogP contribution in [0.1, 0.15) is 46.5 Å². The lowest BCUT2D eigenvalue weighted by atomic mass is 9.57. The minimum Gasteiger partial charge on any atom is -0.331 e. The first-order valence-corrected chi connectivity index (χ1v) is 10.2. The first kappa shape index (κ1) is 19.4. The number of halogens is 4. The van der Waals surface area contributed by atoms with Crippen LogP contribution in [0.3, 0.4) is 0 Å². The lowest BCUT2D eigenvalue weighted by Crippen LogP contribution is -2.75. The van der Waals surface area contributed by atoms with Gasteiger partial charge >= 0.3 is 6.18 Å². The van der Waals surface area contributed by atoms with Gasteiger partial charge in [0.05, 0.1) is 0 Å². The van der Waals surface area contributed by atoms with Gasteiger partial charge in [-0.25, -0.2) is 9.78 Å². The van der Waals surface area contributed by atoms with Crippen molar-refractivity contribution in [2.45, 2.75) is 76.1 Å². The van der Waals surface area contributed by atoms with E-state index in [1.807, 2.05) is 0 Å². The molecule has 150 valence electrons. The molecule has 0 unspecified atom stereocenters. The van der Waals surface area contributed by atoms with E-state index in [1.165, 1.54) is 6.92 Å². The van der Waals surface area contributed by atoms with E-state index in [-0.39, 0.29) is 17.4 Å². The van der Waals surface area contributed by atoms with Crippen molar-refractivity contribution in [2.24, 2.45) is 23.7 Å². The summed E-state index contributed by atoms with van der Waals surface area (Å²) in [7, 11) is 0. The molecule has 5 aliphatic rings. The number of fused-ring (bicyclic) bond motifs is 2. The fourth-order valence-corrected chi connectivity index (χ4v) is 5.91. The maximum Gasteiger partial charge on any atom is 0.443 e. The van der Waals surface area contributed by atoms with Gasteiger partial charge < -0.3 is 14.2 Å². The Bertz CT molecular complexity index is 577. The Kier molecular flexibility index (Phi) is 4.50. The average molecular weight is 445 g/mol. The Labute approximate surface area is 158 Å². The first-order chi connectivity index (χ1) is 12.1. The molecule has 4 heterocycles. The van der Waals surface area contributed by atoms with Crippen molar-refractivity contribution in [3.8, 4) is 0 Å². The monoisotopic (exact) mass is 444 g/mol. The van der Waals surface area contributed by atoms with Gasteiger partial charge in [-0.05, 0) is 38.0 Å². The van der Waals surface area contributed by atoms with Crippen molar-refractivity contribution in [3.05, 3.63) is 0 Å². The Morgan fingerprint density at radius 2 is 1.81 bits per heavy atom.